The van der Waals surface area contributed by atoms with Crippen molar-refractivity contribution in [3.8, 4) is 6.07 Å². The molecule has 1 aliphatic heterocycles. The summed E-state index contributed by atoms with van der Waals surface area (Å²) in [5.41, 5.74) is 1.89. The number of halogens is 1. The average Bonchev–Trinajstić information content (AvgIpc) is 2.56. The van der Waals surface area contributed by atoms with Crippen LogP contribution in [0.15, 0.2) is 4.47 Å². The summed E-state index contributed by atoms with van der Waals surface area (Å²) < 4.78 is 6.70. The molecule has 1 aromatic heterocycles. The Bertz CT molecular complexity index is 772. The van der Waals surface area contributed by atoms with Gasteiger partial charge >= 0.3 is 5.97 Å². The molecule has 2 heterocycles. The second-order valence-corrected chi connectivity index (χ2v) is 9.26. The first-order valence-electron chi connectivity index (χ1n) is 9.12. The van der Waals surface area contributed by atoms with Gasteiger partial charge in [-0.05, 0) is 70.3 Å². The Hall–Kier alpha value is -1.65. The summed E-state index contributed by atoms with van der Waals surface area (Å²) in [7, 11) is 0. The van der Waals surface area contributed by atoms with Gasteiger partial charge in [-0.15, -0.1) is 0 Å². The highest BCUT2D eigenvalue weighted by atomic mass is 79.9. The second kappa shape index (κ2) is 7.76. The monoisotopic (exact) mass is 437 g/mol. The number of nitriles is 1. The number of aromatic nitrogens is 1. The number of pyridine rings is 1. The number of nitrogens with zero attached hydrogens (tertiary/aromatic N) is 3. The van der Waals surface area contributed by atoms with E-state index in [1.165, 1.54) is 0 Å². The number of anilines is 1. The van der Waals surface area contributed by atoms with Crippen LogP contribution in [0.3, 0.4) is 0 Å². The van der Waals surface area contributed by atoms with Crippen LogP contribution in [0.25, 0.3) is 0 Å². The molecule has 1 aromatic rings. The molecule has 0 amide bonds. The lowest BCUT2D eigenvalue weighted by Gasteiger charge is -2.39. The molecule has 1 atom stereocenters. The normalized spacial score (nSPS) is 18.1. The van der Waals surface area contributed by atoms with E-state index in [0.717, 1.165) is 28.7 Å². The first kappa shape index (κ1) is 21.6. The van der Waals surface area contributed by atoms with Crippen LogP contribution in [0.4, 0.5) is 5.69 Å². The Morgan fingerprint density at radius 3 is 2.33 bits per heavy atom. The lowest BCUT2D eigenvalue weighted by Crippen LogP contribution is -2.40. The van der Waals surface area contributed by atoms with Crippen molar-refractivity contribution in [3.05, 3.63) is 21.4 Å². The summed E-state index contributed by atoms with van der Waals surface area (Å²) in [5, 5.41) is 19.3. The smallest absolute Gasteiger partial charge is 0.337 e. The van der Waals surface area contributed by atoms with Crippen molar-refractivity contribution in [2.45, 2.75) is 66.1 Å². The fourth-order valence-electron chi connectivity index (χ4n) is 3.37. The third-order valence-corrected chi connectivity index (χ3v) is 5.87. The van der Waals surface area contributed by atoms with Crippen molar-refractivity contribution in [1.82, 2.24) is 4.98 Å². The van der Waals surface area contributed by atoms with E-state index in [1.807, 2.05) is 41.5 Å². The summed E-state index contributed by atoms with van der Waals surface area (Å²) in [5.74, 6) is -1.04. The molecular weight excluding hydrogens is 410 g/mol. The highest BCUT2D eigenvalue weighted by molar-refractivity contribution is 9.10. The molecule has 0 bridgehead atoms. The van der Waals surface area contributed by atoms with Crippen LogP contribution in [-0.2, 0) is 9.53 Å². The minimum atomic E-state index is -1.12. The zero-order valence-corrected chi connectivity index (χ0v) is 18.5. The molecule has 1 aliphatic rings. The number of aryl methyl sites for hydroxylation is 2. The van der Waals surface area contributed by atoms with Crippen LogP contribution in [0, 0.1) is 30.6 Å². The minimum Gasteiger partial charge on any atom is -0.479 e. The Morgan fingerprint density at radius 2 is 1.89 bits per heavy atom. The molecule has 1 saturated heterocycles. The summed E-state index contributed by atoms with van der Waals surface area (Å²) in [4.78, 5) is 18.8. The van der Waals surface area contributed by atoms with Crippen molar-refractivity contribution in [3.63, 3.8) is 0 Å². The van der Waals surface area contributed by atoms with Crippen molar-refractivity contribution < 1.29 is 14.6 Å². The number of carbonyl (C=O) groups is 1. The summed E-state index contributed by atoms with van der Waals surface area (Å²) in [6.45, 7) is 12.6. The number of rotatable bonds is 4. The third kappa shape index (κ3) is 4.80. The third-order valence-electron chi connectivity index (χ3n) is 4.92. The van der Waals surface area contributed by atoms with Gasteiger partial charge < -0.3 is 14.7 Å². The molecule has 148 valence electrons. The quantitative estimate of drug-likeness (QED) is 0.743. The maximum Gasteiger partial charge on any atom is 0.337 e. The number of hydrogen-bond donors (Lipinski definition) is 1. The largest absolute Gasteiger partial charge is 0.479 e. The Kier molecular flexibility index (Phi) is 6.23. The number of hydrogen-bond acceptors (Lipinski definition) is 5. The summed E-state index contributed by atoms with van der Waals surface area (Å²) in [6.07, 6.45) is 0.343. The molecule has 0 aromatic carbocycles. The standard InChI is InChI=1S/C20H28BrN3O3/c1-12-14(17(18(25)26)27-19(3,4)5)16(15(21)13(2)23-12)24-9-7-20(6,11-22)8-10-24/h17H,7-10H2,1-6H3,(H,25,26). The average molecular weight is 438 g/mol. The zero-order chi connectivity index (χ0) is 20.6. The van der Waals surface area contributed by atoms with E-state index in [-0.39, 0.29) is 5.41 Å². The topological polar surface area (TPSA) is 86.5 Å². The predicted molar refractivity (Wildman–Crippen MR) is 108 cm³/mol. The molecule has 1 unspecified atom stereocenters. The van der Waals surface area contributed by atoms with Gasteiger partial charge in [-0.1, -0.05) is 0 Å². The summed E-state index contributed by atoms with van der Waals surface area (Å²) in [6, 6.07) is 2.41. The van der Waals surface area contributed by atoms with E-state index in [2.05, 4.69) is 31.9 Å². The molecule has 6 nitrogen and oxygen atoms in total. The van der Waals surface area contributed by atoms with Crippen LogP contribution in [0.2, 0.25) is 0 Å². The summed E-state index contributed by atoms with van der Waals surface area (Å²) >= 11 is 3.63. The number of carboxylic acid groups (broad SMARTS) is 1. The van der Waals surface area contributed by atoms with Crippen molar-refractivity contribution in [1.29, 1.82) is 5.26 Å². The molecule has 7 heteroatoms. The maximum atomic E-state index is 12.1. The number of piperidine rings is 1. The first-order chi connectivity index (χ1) is 12.4. The highest BCUT2D eigenvalue weighted by Crippen LogP contribution is 2.42. The van der Waals surface area contributed by atoms with Crippen LogP contribution >= 0.6 is 15.9 Å². The van der Waals surface area contributed by atoms with Gasteiger partial charge in [0.05, 0.1) is 32.9 Å². The molecular formula is C20H28BrN3O3. The van der Waals surface area contributed by atoms with Crippen molar-refractivity contribution >= 4 is 27.6 Å². The molecule has 1 fully saturated rings. The molecule has 2 rings (SSSR count). The molecule has 27 heavy (non-hydrogen) atoms. The number of aliphatic carboxylic acids is 1. The second-order valence-electron chi connectivity index (χ2n) is 8.47. The van der Waals surface area contributed by atoms with E-state index in [0.29, 0.717) is 24.3 Å². The number of carboxylic acids is 1. The lowest BCUT2D eigenvalue weighted by molar-refractivity contribution is -0.160. The van der Waals surface area contributed by atoms with Gasteiger partial charge in [-0.3, -0.25) is 4.98 Å². The molecule has 0 radical (unpaired) electrons. The van der Waals surface area contributed by atoms with Gasteiger partial charge in [-0.2, -0.15) is 5.26 Å². The van der Waals surface area contributed by atoms with Gasteiger partial charge in [0.1, 0.15) is 0 Å². The van der Waals surface area contributed by atoms with Crippen molar-refractivity contribution in [2.24, 2.45) is 5.41 Å². The fraction of sp³-hybridized carbons (Fsp3) is 0.650. The Morgan fingerprint density at radius 1 is 1.33 bits per heavy atom. The predicted octanol–water partition coefficient (Wildman–Crippen LogP) is 4.53. The SMILES string of the molecule is Cc1nc(C)c(C(OC(C)(C)C)C(=O)O)c(N2CCC(C)(C#N)CC2)c1Br. The molecule has 0 aliphatic carbocycles. The van der Waals surface area contributed by atoms with Gasteiger partial charge in [0, 0.05) is 24.3 Å². The molecule has 1 N–H and O–H groups in total. The number of ether oxygens (including phenoxy) is 1. The first-order valence-corrected chi connectivity index (χ1v) is 9.91. The lowest BCUT2D eigenvalue weighted by atomic mass is 9.81. The highest BCUT2D eigenvalue weighted by Gasteiger charge is 2.36. The fourth-order valence-corrected chi connectivity index (χ4v) is 3.92. The van der Waals surface area contributed by atoms with E-state index in [9.17, 15) is 15.2 Å². The van der Waals surface area contributed by atoms with Crippen LogP contribution < -0.4 is 4.90 Å². The van der Waals surface area contributed by atoms with Gasteiger partial charge in [0.15, 0.2) is 6.10 Å². The van der Waals surface area contributed by atoms with Crippen molar-refractivity contribution in [2.75, 3.05) is 18.0 Å². The van der Waals surface area contributed by atoms with Gasteiger partial charge in [0.25, 0.3) is 0 Å². The van der Waals surface area contributed by atoms with E-state index < -0.39 is 17.7 Å². The van der Waals surface area contributed by atoms with Crippen LogP contribution in [0.1, 0.15) is 63.6 Å². The van der Waals surface area contributed by atoms with E-state index in [1.54, 1.807) is 0 Å². The van der Waals surface area contributed by atoms with E-state index in [4.69, 9.17) is 4.74 Å². The maximum absolute atomic E-state index is 12.1. The van der Waals surface area contributed by atoms with E-state index >= 15 is 0 Å². The zero-order valence-electron chi connectivity index (χ0n) is 16.9. The molecule has 0 saturated carbocycles. The Labute approximate surface area is 169 Å². The Balaban J connectivity index is 2.57. The molecule has 0 spiro atoms. The van der Waals surface area contributed by atoms with Crippen LogP contribution in [-0.4, -0.2) is 34.8 Å². The van der Waals surface area contributed by atoms with Gasteiger partial charge in [0.2, 0.25) is 0 Å². The van der Waals surface area contributed by atoms with Gasteiger partial charge in [-0.25, -0.2) is 4.79 Å². The minimum absolute atomic E-state index is 0.339. The van der Waals surface area contributed by atoms with Crippen LogP contribution in [0.5, 0.6) is 0 Å².